The second-order valence-electron chi connectivity index (χ2n) is 8.37. The lowest BCUT2D eigenvalue weighted by Gasteiger charge is -2.32. The van der Waals surface area contributed by atoms with E-state index in [-0.39, 0.29) is 10.8 Å². The molecule has 0 unspecified atom stereocenters. The van der Waals surface area contributed by atoms with Crippen LogP contribution in [0.5, 0.6) is 0 Å². The lowest BCUT2D eigenvalue weighted by Crippen LogP contribution is -2.23. The number of fused-ring (bicyclic) bond motifs is 1. The van der Waals surface area contributed by atoms with Gasteiger partial charge in [0.2, 0.25) is 0 Å². The molecular weight excluding hydrogens is 298 g/mol. The Morgan fingerprint density at radius 1 is 0.792 bits per heavy atom. The lowest BCUT2D eigenvalue weighted by molar-refractivity contribution is 0.113. The van der Waals surface area contributed by atoms with Crippen LogP contribution >= 0.6 is 0 Å². The minimum absolute atomic E-state index is 0.0173. The summed E-state index contributed by atoms with van der Waals surface area (Å²) in [7, 11) is 0. The second-order valence-corrected chi connectivity index (χ2v) is 8.37. The molecule has 1 N–H and O–H groups in total. The highest BCUT2D eigenvalue weighted by Crippen LogP contribution is 2.41. The van der Waals surface area contributed by atoms with Gasteiger partial charge in [0, 0.05) is 5.56 Å². The minimum atomic E-state index is -0.0173. The Labute approximate surface area is 143 Å². The maximum absolute atomic E-state index is 9.63. The second kappa shape index (κ2) is 5.33. The SMILES string of the molecule is CC(C)(C)c1cccc(-c2cccc3nn(O)nc23)c1C(C)(C)C. The van der Waals surface area contributed by atoms with Crippen molar-refractivity contribution in [3.63, 3.8) is 0 Å². The first-order valence-corrected chi connectivity index (χ1v) is 8.29. The van der Waals surface area contributed by atoms with Crippen LogP contribution in [0.25, 0.3) is 22.2 Å². The van der Waals surface area contributed by atoms with Gasteiger partial charge in [0.15, 0.2) is 0 Å². The van der Waals surface area contributed by atoms with Crippen molar-refractivity contribution in [3.8, 4) is 11.1 Å². The molecule has 0 bridgehead atoms. The van der Waals surface area contributed by atoms with Crippen LogP contribution in [0.1, 0.15) is 52.7 Å². The van der Waals surface area contributed by atoms with Gasteiger partial charge in [0.05, 0.1) is 0 Å². The summed E-state index contributed by atoms with van der Waals surface area (Å²) in [5.74, 6) is 0. The molecule has 0 aliphatic carbocycles. The van der Waals surface area contributed by atoms with E-state index in [0.29, 0.717) is 10.5 Å². The minimum Gasteiger partial charge on any atom is -0.396 e. The van der Waals surface area contributed by atoms with Crippen molar-refractivity contribution in [2.75, 3.05) is 0 Å². The predicted octanol–water partition coefficient (Wildman–Crippen LogP) is 4.93. The van der Waals surface area contributed by atoms with Crippen LogP contribution in [0.3, 0.4) is 0 Å². The fourth-order valence-electron chi connectivity index (χ4n) is 3.35. The third-order valence-electron chi connectivity index (χ3n) is 4.31. The molecule has 0 aliphatic rings. The number of rotatable bonds is 1. The molecule has 4 heteroatoms. The van der Waals surface area contributed by atoms with Crippen molar-refractivity contribution in [2.24, 2.45) is 0 Å². The number of aromatic nitrogens is 3. The van der Waals surface area contributed by atoms with Crippen molar-refractivity contribution < 1.29 is 5.21 Å². The number of nitrogens with zero attached hydrogens (tertiary/aromatic N) is 3. The molecule has 0 radical (unpaired) electrons. The van der Waals surface area contributed by atoms with Crippen molar-refractivity contribution in [2.45, 2.75) is 52.4 Å². The molecule has 2 aromatic carbocycles. The molecule has 3 aromatic rings. The van der Waals surface area contributed by atoms with Gasteiger partial charge >= 0.3 is 0 Å². The first-order chi connectivity index (χ1) is 11.1. The first kappa shape index (κ1) is 16.5. The molecule has 1 heterocycles. The van der Waals surface area contributed by atoms with Crippen molar-refractivity contribution >= 4 is 11.0 Å². The highest BCUT2D eigenvalue weighted by molar-refractivity contribution is 5.92. The van der Waals surface area contributed by atoms with E-state index in [0.717, 1.165) is 16.6 Å². The maximum Gasteiger partial charge on any atom is 0.124 e. The number of hydrogen-bond acceptors (Lipinski definition) is 3. The van der Waals surface area contributed by atoms with E-state index < -0.39 is 0 Å². The monoisotopic (exact) mass is 323 g/mol. The molecule has 0 fully saturated rings. The topological polar surface area (TPSA) is 50.9 Å². The van der Waals surface area contributed by atoms with Gasteiger partial charge in [0.25, 0.3) is 0 Å². The third kappa shape index (κ3) is 2.77. The van der Waals surface area contributed by atoms with Crippen LogP contribution in [0.2, 0.25) is 0 Å². The van der Waals surface area contributed by atoms with E-state index >= 15 is 0 Å². The fraction of sp³-hybridized carbons (Fsp3) is 0.400. The lowest BCUT2D eigenvalue weighted by atomic mass is 9.72. The molecule has 0 amide bonds. The quantitative estimate of drug-likeness (QED) is 0.646. The molecule has 126 valence electrons. The number of benzene rings is 2. The standard InChI is InChI=1S/C20H25N3O/c1-19(2,3)15-11-7-9-13(17(15)20(4,5)6)14-10-8-12-16-18(14)22-23(24)21-16/h7-12,24H,1-6H3. The van der Waals surface area contributed by atoms with E-state index in [2.05, 4.69) is 69.9 Å². The Balaban J connectivity index is 2.39. The average molecular weight is 323 g/mol. The smallest absolute Gasteiger partial charge is 0.124 e. The summed E-state index contributed by atoms with van der Waals surface area (Å²) < 4.78 is 0. The van der Waals surface area contributed by atoms with Crippen LogP contribution in [0, 0.1) is 0 Å². The van der Waals surface area contributed by atoms with Crippen LogP contribution in [-0.4, -0.2) is 20.4 Å². The van der Waals surface area contributed by atoms with Gasteiger partial charge in [-0.3, -0.25) is 0 Å². The Bertz CT molecular complexity index is 895. The summed E-state index contributed by atoms with van der Waals surface area (Å²) >= 11 is 0. The van der Waals surface area contributed by atoms with Crippen LogP contribution in [-0.2, 0) is 10.8 Å². The molecule has 0 aliphatic heterocycles. The van der Waals surface area contributed by atoms with Gasteiger partial charge in [-0.2, -0.15) is 0 Å². The zero-order chi connectivity index (χ0) is 17.7. The van der Waals surface area contributed by atoms with Crippen molar-refractivity contribution in [1.82, 2.24) is 15.2 Å². The van der Waals surface area contributed by atoms with Crippen LogP contribution < -0.4 is 0 Å². The van der Waals surface area contributed by atoms with Gasteiger partial charge < -0.3 is 5.21 Å². The van der Waals surface area contributed by atoms with E-state index in [9.17, 15) is 5.21 Å². The van der Waals surface area contributed by atoms with Gasteiger partial charge in [-0.05, 0) is 38.5 Å². The van der Waals surface area contributed by atoms with Gasteiger partial charge in [-0.15, -0.1) is 10.2 Å². The summed E-state index contributed by atoms with van der Waals surface area (Å²) in [5, 5.41) is 17.8. The average Bonchev–Trinajstić information content (AvgIpc) is 2.84. The molecule has 1 aromatic heterocycles. The molecule has 0 saturated heterocycles. The van der Waals surface area contributed by atoms with E-state index in [1.165, 1.54) is 11.1 Å². The van der Waals surface area contributed by atoms with Crippen molar-refractivity contribution in [1.29, 1.82) is 0 Å². The van der Waals surface area contributed by atoms with Crippen LogP contribution in [0.15, 0.2) is 36.4 Å². The molecule has 24 heavy (non-hydrogen) atoms. The van der Waals surface area contributed by atoms with Gasteiger partial charge in [0.1, 0.15) is 11.0 Å². The molecule has 0 spiro atoms. The Morgan fingerprint density at radius 3 is 2.04 bits per heavy atom. The number of hydrogen-bond donors (Lipinski definition) is 1. The van der Waals surface area contributed by atoms with Gasteiger partial charge in [-0.1, -0.05) is 71.9 Å². The Kier molecular flexibility index (Phi) is 3.67. The zero-order valence-electron chi connectivity index (χ0n) is 15.3. The summed E-state index contributed by atoms with van der Waals surface area (Å²) in [6.07, 6.45) is 0. The highest BCUT2D eigenvalue weighted by Gasteiger charge is 2.28. The fourth-order valence-corrected chi connectivity index (χ4v) is 3.35. The molecule has 0 saturated carbocycles. The summed E-state index contributed by atoms with van der Waals surface area (Å²) in [4.78, 5) is 0.651. The normalized spacial score (nSPS) is 12.8. The molecule has 4 nitrogen and oxygen atoms in total. The van der Waals surface area contributed by atoms with E-state index in [1.807, 2.05) is 18.2 Å². The van der Waals surface area contributed by atoms with Crippen molar-refractivity contribution in [3.05, 3.63) is 47.5 Å². The summed E-state index contributed by atoms with van der Waals surface area (Å²) in [6.45, 7) is 13.4. The Morgan fingerprint density at radius 2 is 1.42 bits per heavy atom. The van der Waals surface area contributed by atoms with E-state index in [1.54, 1.807) is 0 Å². The molecular formula is C20H25N3O. The molecule has 0 atom stereocenters. The highest BCUT2D eigenvalue weighted by atomic mass is 16.5. The maximum atomic E-state index is 9.63. The molecule has 3 rings (SSSR count). The Hall–Kier alpha value is -2.36. The van der Waals surface area contributed by atoms with E-state index in [4.69, 9.17) is 0 Å². The predicted molar refractivity (Wildman–Crippen MR) is 97.5 cm³/mol. The summed E-state index contributed by atoms with van der Waals surface area (Å²) in [6, 6.07) is 12.3. The summed E-state index contributed by atoms with van der Waals surface area (Å²) in [5.41, 5.74) is 6.24. The zero-order valence-corrected chi connectivity index (χ0v) is 15.3. The van der Waals surface area contributed by atoms with Gasteiger partial charge in [-0.25, -0.2) is 0 Å². The third-order valence-corrected chi connectivity index (χ3v) is 4.31. The largest absolute Gasteiger partial charge is 0.396 e. The first-order valence-electron chi connectivity index (χ1n) is 8.29. The van der Waals surface area contributed by atoms with Crippen LogP contribution in [0.4, 0.5) is 0 Å².